The predicted octanol–water partition coefficient (Wildman–Crippen LogP) is 3.00. The van der Waals surface area contributed by atoms with Gasteiger partial charge in [-0.15, -0.1) is 24.0 Å². The highest BCUT2D eigenvalue weighted by Gasteiger charge is 2.21. The van der Waals surface area contributed by atoms with Crippen molar-refractivity contribution in [2.24, 2.45) is 4.99 Å². The van der Waals surface area contributed by atoms with Crippen molar-refractivity contribution >= 4 is 35.9 Å². The molecule has 27 heavy (non-hydrogen) atoms. The molecule has 0 saturated carbocycles. The molecule has 1 saturated heterocycles. The molecular weight excluding hydrogens is 451 g/mol. The molecule has 6 nitrogen and oxygen atoms in total. The third kappa shape index (κ3) is 5.79. The van der Waals surface area contributed by atoms with Gasteiger partial charge in [0.05, 0.1) is 6.54 Å². The predicted molar refractivity (Wildman–Crippen MR) is 122 cm³/mol. The van der Waals surface area contributed by atoms with Crippen LogP contribution in [0.2, 0.25) is 0 Å². The summed E-state index contributed by atoms with van der Waals surface area (Å²) in [4.78, 5) is 18.1. The molecule has 2 heterocycles. The van der Waals surface area contributed by atoms with Crippen LogP contribution in [-0.4, -0.2) is 53.6 Å². The van der Waals surface area contributed by atoms with Crippen molar-refractivity contribution in [2.45, 2.75) is 27.3 Å². The molecule has 1 aliphatic rings. The second-order valence-electron chi connectivity index (χ2n) is 6.62. The molecule has 146 valence electrons. The molecule has 1 aliphatic heterocycles. The van der Waals surface area contributed by atoms with Crippen molar-refractivity contribution < 1.29 is 0 Å². The number of guanidine groups is 1. The van der Waals surface area contributed by atoms with Crippen LogP contribution in [0.15, 0.2) is 41.7 Å². The van der Waals surface area contributed by atoms with Gasteiger partial charge < -0.3 is 15.1 Å². The first-order valence-corrected chi connectivity index (χ1v) is 9.28. The minimum Gasteiger partial charge on any atom is -0.357 e. The van der Waals surface area contributed by atoms with Gasteiger partial charge in [-0.25, -0.2) is 15.0 Å². The zero-order valence-electron chi connectivity index (χ0n) is 16.4. The fourth-order valence-corrected chi connectivity index (χ4v) is 3.18. The van der Waals surface area contributed by atoms with Crippen LogP contribution in [0.5, 0.6) is 0 Å². The molecule has 0 bridgehead atoms. The SMILES string of the molecule is CCNC(=NCc1ccc(C)cc1C)N1CCN(c2ncccn2)CC1.I. The number of aromatic nitrogens is 2. The maximum Gasteiger partial charge on any atom is 0.225 e. The van der Waals surface area contributed by atoms with Crippen molar-refractivity contribution in [3.05, 3.63) is 53.3 Å². The van der Waals surface area contributed by atoms with Crippen LogP contribution in [0.25, 0.3) is 0 Å². The lowest BCUT2D eigenvalue weighted by molar-refractivity contribution is 0.370. The van der Waals surface area contributed by atoms with Gasteiger partial charge in [0.25, 0.3) is 0 Å². The molecular formula is C20H29IN6. The van der Waals surface area contributed by atoms with Gasteiger partial charge in [-0.2, -0.15) is 0 Å². The molecule has 0 aliphatic carbocycles. The minimum absolute atomic E-state index is 0. The van der Waals surface area contributed by atoms with Crippen LogP contribution >= 0.6 is 24.0 Å². The highest BCUT2D eigenvalue weighted by Crippen LogP contribution is 2.13. The van der Waals surface area contributed by atoms with Crippen molar-refractivity contribution in [1.29, 1.82) is 0 Å². The van der Waals surface area contributed by atoms with Crippen LogP contribution < -0.4 is 10.2 Å². The van der Waals surface area contributed by atoms with E-state index in [4.69, 9.17) is 4.99 Å². The molecule has 1 N–H and O–H groups in total. The molecule has 7 heteroatoms. The van der Waals surface area contributed by atoms with E-state index >= 15 is 0 Å². The number of halogens is 1. The molecule has 0 amide bonds. The first-order valence-electron chi connectivity index (χ1n) is 9.28. The fraction of sp³-hybridized carbons (Fsp3) is 0.450. The van der Waals surface area contributed by atoms with E-state index in [1.165, 1.54) is 16.7 Å². The van der Waals surface area contributed by atoms with Crippen molar-refractivity contribution in [2.75, 3.05) is 37.6 Å². The number of hydrogen-bond donors (Lipinski definition) is 1. The fourth-order valence-electron chi connectivity index (χ4n) is 3.18. The van der Waals surface area contributed by atoms with Crippen LogP contribution in [0.3, 0.4) is 0 Å². The normalized spacial score (nSPS) is 14.7. The second-order valence-corrected chi connectivity index (χ2v) is 6.62. The second kappa shape index (κ2) is 10.4. The summed E-state index contributed by atoms with van der Waals surface area (Å²) in [7, 11) is 0. The number of anilines is 1. The molecule has 1 aromatic carbocycles. The van der Waals surface area contributed by atoms with Crippen molar-refractivity contribution in [3.63, 3.8) is 0 Å². The van der Waals surface area contributed by atoms with E-state index in [0.717, 1.165) is 44.6 Å². The van der Waals surface area contributed by atoms with E-state index in [1.807, 2.05) is 6.07 Å². The third-order valence-electron chi connectivity index (χ3n) is 4.65. The summed E-state index contributed by atoms with van der Waals surface area (Å²) in [6.45, 7) is 11.6. The van der Waals surface area contributed by atoms with E-state index in [-0.39, 0.29) is 24.0 Å². The lowest BCUT2D eigenvalue weighted by Gasteiger charge is -2.36. The van der Waals surface area contributed by atoms with E-state index in [9.17, 15) is 0 Å². The number of aryl methyl sites for hydroxylation is 2. The molecule has 0 radical (unpaired) electrons. The maximum atomic E-state index is 4.88. The number of nitrogens with one attached hydrogen (secondary N) is 1. The summed E-state index contributed by atoms with van der Waals surface area (Å²) >= 11 is 0. The first-order chi connectivity index (χ1) is 12.7. The average Bonchev–Trinajstić information content (AvgIpc) is 2.67. The lowest BCUT2D eigenvalue weighted by atomic mass is 10.1. The van der Waals surface area contributed by atoms with Crippen LogP contribution in [0.1, 0.15) is 23.6 Å². The van der Waals surface area contributed by atoms with Gasteiger partial charge in [0, 0.05) is 45.1 Å². The van der Waals surface area contributed by atoms with Gasteiger partial charge >= 0.3 is 0 Å². The third-order valence-corrected chi connectivity index (χ3v) is 4.65. The van der Waals surface area contributed by atoms with E-state index in [0.29, 0.717) is 6.54 Å². The summed E-state index contributed by atoms with van der Waals surface area (Å²) in [5.74, 6) is 1.80. The summed E-state index contributed by atoms with van der Waals surface area (Å²) in [6, 6.07) is 8.41. The molecule has 1 fully saturated rings. The van der Waals surface area contributed by atoms with Crippen molar-refractivity contribution in [3.8, 4) is 0 Å². The van der Waals surface area contributed by atoms with E-state index in [2.05, 4.69) is 64.1 Å². The summed E-state index contributed by atoms with van der Waals surface area (Å²) < 4.78 is 0. The highest BCUT2D eigenvalue weighted by atomic mass is 127. The Balaban J connectivity index is 0.00000261. The van der Waals surface area contributed by atoms with Gasteiger partial charge in [-0.05, 0) is 38.0 Å². The Morgan fingerprint density at radius 2 is 1.81 bits per heavy atom. The highest BCUT2D eigenvalue weighted by molar-refractivity contribution is 14.0. The monoisotopic (exact) mass is 480 g/mol. The van der Waals surface area contributed by atoms with E-state index in [1.54, 1.807) is 12.4 Å². The van der Waals surface area contributed by atoms with Crippen LogP contribution in [0, 0.1) is 13.8 Å². The lowest BCUT2D eigenvalue weighted by Crippen LogP contribution is -2.53. The zero-order valence-corrected chi connectivity index (χ0v) is 18.7. The van der Waals surface area contributed by atoms with E-state index < -0.39 is 0 Å². The molecule has 0 atom stereocenters. The largest absolute Gasteiger partial charge is 0.357 e. The molecule has 2 aromatic rings. The van der Waals surface area contributed by atoms with Crippen LogP contribution in [0.4, 0.5) is 5.95 Å². The Labute approximate surface area is 179 Å². The zero-order chi connectivity index (χ0) is 18.4. The number of benzene rings is 1. The summed E-state index contributed by atoms with van der Waals surface area (Å²) in [5.41, 5.74) is 3.87. The Hall–Kier alpha value is -1.90. The number of hydrogen-bond acceptors (Lipinski definition) is 4. The Bertz CT molecular complexity index is 741. The Kier molecular flexibility index (Phi) is 8.27. The molecule has 3 rings (SSSR count). The number of nitrogens with zero attached hydrogens (tertiary/aromatic N) is 5. The molecule has 0 spiro atoms. The topological polar surface area (TPSA) is 56.7 Å². The summed E-state index contributed by atoms with van der Waals surface area (Å²) in [5, 5.41) is 3.43. The number of rotatable bonds is 4. The number of piperazine rings is 1. The smallest absolute Gasteiger partial charge is 0.225 e. The molecule has 0 unspecified atom stereocenters. The summed E-state index contributed by atoms with van der Waals surface area (Å²) in [6.07, 6.45) is 3.59. The van der Waals surface area contributed by atoms with Gasteiger partial charge in [0.1, 0.15) is 0 Å². The van der Waals surface area contributed by atoms with Gasteiger partial charge in [0.2, 0.25) is 5.95 Å². The van der Waals surface area contributed by atoms with Gasteiger partial charge in [0.15, 0.2) is 5.96 Å². The average molecular weight is 480 g/mol. The van der Waals surface area contributed by atoms with Crippen molar-refractivity contribution in [1.82, 2.24) is 20.2 Å². The minimum atomic E-state index is 0. The Morgan fingerprint density at radius 3 is 2.44 bits per heavy atom. The maximum absolute atomic E-state index is 4.88. The number of aliphatic imine (C=N–C) groups is 1. The quantitative estimate of drug-likeness (QED) is 0.415. The first kappa shape index (κ1) is 21.4. The van der Waals surface area contributed by atoms with Crippen LogP contribution in [-0.2, 0) is 6.54 Å². The standard InChI is InChI=1S/C20H28N6.HI/c1-4-21-19(24-15-18-7-6-16(2)14-17(18)3)25-10-12-26(13-11-25)20-22-8-5-9-23-20;/h5-9,14H,4,10-13,15H2,1-3H3,(H,21,24);1H. The van der Waals surface area contributed by atoms with Gasteiger partial charge in [-0.3, -0.25) is 0 Å². The Morgan fingerprint density at radius 1 is 1.11 bits per heavy atom. The molecule has 1 aromatic heterocycles. The van der Waals surface area contributed by atoms with Gasteiger partial charge in [-0.1, -0.05) is 23.8 Å².